The molecule has 11 N–H and O–H groups in total. The molecule has 0 aliphatic carbocycles. The van der Waals surface area contributed by atoms with Crippen LogP contribution in [0.25, 0.3) is 0 Å². The van der Waals surface area contributed by atoms with Gasteiger partial charge in [0.05, 0.1) is 30.8 Å². The molecule has 3 aliphatic rings. The summed E-state index contributed by atoms with van der Waals surface area (Å²) >= 11 is 0. The molecule has 3 aliphatic heterocycles. The Hall–Kier alpha value is -3.09. The highest BCUT2D eigenvalue weighted by Crippen LogP contribution is 2.55. The lowest BCUT2D eigenvalue weighted by atomic mass is 9.82. The van der Waals surface area contributed by atoms with Gasteiger partial charge >= 0.3 is 0 Å². The second-order valence-electron chi connectivity index (χ2n) is 10.6. The van der Waals surface area contributed by atoms with Crippen LogP contribution in [0.5, 0.6) is 23.0 Å². The van der Waals surface area contributed by atoms with E-state index >= 15 is 0 Å². The van der Waals surface area contributed by atoms with Crippen molar-refractivity contribution in [1.29, 1.82) is 0 Å². The molecule has 2 aromatic carbocycles. The third-order valence-electron chi connectivity index (χ3n) is 8.00. The van der Waals surface area contributed by atoms with E-state index in [-0.39, 0.29) is 12.2 Å². The van der Waals surface area contributed by atoms with Crippen molar-refractivity contribution in [2.75, 3.05) is 13.2 Å². The van der Waals surface area contributed by atoms with E-state index in [0.29, 0.717) is 5.56 Å². The quantitative estimate of drug-likeness (QED) is 0.171. The van der Waals surface area contributed by atoms with E-state index in [1.54, 1.807) is 0 Å². The summed E-state index contributed by atoms with van der Waals surface area (Å²) in [6, 6.07) is 5.62. The molecule has 0 radical (unpaired) electrons. The normalized spacial score (nSPS) is 36.8. The van der Waals surface area contributed by atoms with Crippen molar-refractivity contribution in [2.45, 2.75) is 73.6 Å². The monoisotopic (exact) mass is 596 g/mol. The molecule has 0 bridgehead atoms. The lowest BCUT2D eigenvalue weighted by molar-refractivity contribution is -0.234. The van der Waals surface area contributed by atoms with Crippen molar-refractivity contribution in [1.82, 2.24) is 0 Å². The first-order valence-corrected chi connectivity index (χ1v) is 13.1. The third kappa shape index (κ3) is 4.87. The number of ether oxygens (including phenoxy) is 3. The summed E-state index contributed by atoms with van der Waals surface area (Å²) < 4.78 is 17.2. The largest absolute Gasteiger partial charge is 0.508 e. The Morgan fingerprint density at radius 3 is 1.67 bits per heavy atom. The number of carbonyl (C=O) groups excluding carboxylic acids is 1. The number of aromatic hydroxyl groups is 3. The van der Waals surface area contributed by atoms with Crippen LogP contribution in [0.1, 0.15) is 51.8 Å². The minimum atomic E-state index is -2.01. The zero-order chi connectivity index (χ0) is 30.6. The van der Waals surface area contributed by atoms with E-state index in [9.17, 15) is 61.0 Å². The molecular formula is C27H32O15. The summed E-state index contributed by atoms with van der Waals surface area (Å²) in [4.78, 5) is 13.5. The maximum Gasteiger partial charge on any atom is 0.174 e. The lowest BCUT2D eigenvalue weighted by Gasteiger charge is -2.43. The number of phenolic OH excluding ortho intramolecular Hbond substituents is 3. The summed E-state index contributed by atoms with van der Waals surface area (Å²) in [5.74, 6) is -3.21. The van der Waals surface area contributed by atoms with E-state index in [2.05, 4.69) is 0 Å². The topological polar surface area (TPSA) is 267 Å². The number of hydrogen-bond donors (Lipinski definition) is 11. The summed E-state index contributed by atoms with van der Waals surface area (Å²) in [5, 5.41) is 115. The zero-order valence-electron chi connectivity index (χ0n) is 21.8. The molecule has 11 atom stereocenters. The summed E-state index contributed by atoms with van der Waals surface area (Å²) in [6.07, 6.45) is -19.4. The van der Waals surface area contributed by atoms with Gasteiger partial charge in [-0.1, -0.05) is 12.1 Å². The number of aliphatic hydroxyl groups is 8. The SMILES string of the molecule is O=C1CC(c2ccc(O)cc2)Oc2c1c(O)c([C@@H]1O[C@H](CO)[C@@H](O)[C@H](O)[C@H]1O)c(O)c2[C@@H]1O[C@H](CO)[C@@H](O)[C@H](O)[C@H]1O. The molecule has 15 nitrogen and oxygen atoms in total. The van der Waals surface area contributed by atoms with Crippen LogP contribution >= 0.6 is 0 Å². The minimum absolute atomic E-state index is 0.0669. The Morgan fingerprint density at radius 1 is 0.667 bits per heavy atom. The highest BCUT2D eigenvalue weighted by Gasteiger charge is 2.51. The molecule has 42 heavy (non-hydrogen) atoms. The van der Waals surface area contributed by atoms with Gasteiger partial charge in [0.25, 0.3) is 0 Å². The number of carbonyl (C=O) groups is 1. The minimum Gasteiger partial charge on any atom is -0.508 e. The first kappa shape index (κ1) is 30.4. The maximum absolute atomic E-state index is 13.5. The highest BCUT2D eigenvalue weighted by atomic mass is 16.6. The average molecular weight is 597 g/mol. The Labute approximate surface area is 237 Å². The van der Waals surface area contributed by atoms with Crippen LogP contribution < -0.4 is 4.74 Å². The number of Topliss-reactive ketones (excluding diaryl/α,β-unsaturated/α-hetero) is 1. The van der Waals surface area contributed by atoms with Gasteiger partial charge < -0.3 is 70.4 Å². The van der Waals surface area contributed by atoms with Gasteiger partial charge in [0.2, 0.25) is 0 Å². The molecule has 5 rings (SSSR count). The first-order valence-electron chi connectivity index (χ1n) is 13.1. The highest BCUT2D eigenvalue weighted by molar-refractivity contribution is 6.04. The van der Waals surface area contributed by atoms with Gasteiger partial charge in [-0.2, -0.15) is 0 Å². The number of phenols is 3. The summed E-state index contributed by atoms with van der Waals surface area (Å²) in [5.41, 5.74) is -1.34. The average Bonchev–Trinajstić information content (AvgIpc) is 2.97. The summed E-state index contributed by atoms with van der Waals surface area (Å²) in [6.45, 7) is -1.68. The zero-order valence-corrected chi connectivity index (χ0v) is 21.8. The molecule has 3 heterocycles. The fourth-order valence-corrected chi connectivity index (χ4v) is 5.67. The molecule has 0 saturated carbocycles. The van der Waals surface area contributed by atoms with Crippen LogP contribution in [0.3, 0.4) is 0 Å². The number of ketones is 1. The number of hydrogen-bond acceptors (Lipinski definition) is 15. The van der Waals surface area contributed by atoms with E-state index in [1.807, 2.05) is 0 Å². The molecule has 0 aromatic heterocycles. The fourth-order valence-electron chi connectivity index (χ4n) is 5.67. The molecule has 15 heteroatoms. The standard InChI is InChI=1S/C27H32O15/c28-6-12-17(32)21(36)23(38)26(41-12)15-19(34)14-10(31)5-11(8-1-3-9(30)4-2-8)40-25(14)16(20(15)35)27-24(39)22(37)18(33)13(7-29)42-27/h1-4,11-13,17-18,21-24,26-30,32-39H,5-7H2/t11?,12-,13-,17-,18-,21+,22+,23-,24-,26+,27+/m1/s1. The van der Waals surface area contributed by atoms with Gasteiger partial charge in [-0.3, -0.25) is 4.79 Å². The number of rotatable bonds is 5. The summed E-state index contributed by atoms with van der Waals surface area (Å²) in [7, 11) is 0. The smallest absolute Gasteiger partial charge is 0.174 e. The van der Waals surface area contributed by atoms with Crippen LogP contribution in [0.4, 0.5) is 0 Å². The van der Waals surface area contributed by atoms with E-state index in [1.165, 1.54) is 24.3 Å². The third-order valence-corrected chi connectivity index (χ3v) is 8.00. The maximum atomic E-state index is 13.5. The number of fused-ring (bicyclic) bond motifs is 1. The predicted molar refractivity (Wildman–Crippen MR) is 136 cm³/mol. The van der Waals surface area contributed by atoms with Gasteiger partial charge in [0.1, 0.15) is 95.7 Å². The Morgan fingerprint density at radius 2 is 1.17 bits per heavy atom. The molecule has 1 unspecified atom stereocenters. The molecule has 0 spiro atoms. The predicted octanol–water partition coefficient (Wildman–Crippen LogP) is -2.46. The van der Waals surface area contributed by atoms with Crippen LogP contribution in [0, 0.1) is 0 Å². The van der Waals surface area contributed by atoms with E-state index in [4.69, 9.17) is 14.2 Å². The number of benzene rings is 2. The fraction of sp³-hybridized carbons (Fsp3) is 0.519. The molecule has 2 aromatic rings. The van der Waals surface area contributed by atoms with Crippen LogP contribution in [0.15, 0.2) is 24.3 Å². The molecule has 230 valence electrons. The number of aliphatic hydroxyl groups excluding tert-OH is 8. The van der Waals surface area contributed by atoms with Gasteiger partial charge in [0, 0.05) is 0 Å². The van der Waals surface area contributed by atoms with Gasteiger partial charge in [0.15, 0.2) is 5.78 Å². The Bertz CT molecular complexity index is 1310. The van der Waals surface area contributed by atoms with Crippen molar-refractivity contribution in [3.63, 3.8) is 0 Å². The van der Waals surface area contributed by atoms with Crippen molar-refractivity contribution in [2.24, 2.45) is 0 Å². The molecule has 2 fully saturated rings. The van der Waals surface area contributed by atoms with E-state index in [0.717, 1.165) is 0 Å². The first-order chi connectivity index (χ1) is 19.9. The van der Waals surface area contributed by atoms with Gasteiger partial charge in [-0.15, -0.1) is 0 Å². The van der Waals surface area contributed by atoms with Crippen LogP contribution in [0.2, 0.25) is 0 Å². The van der Waals surface area contributed by atoms with Crippen molar-refractivity contribution in [3.05, 3.63) is 46.5 Å². The van der Waals surface area contributed by atoms with E-state index < -0.39 is 120 Å². The van der Waals surface area contributed by atoms with Gasteiger partial charge in [-0.25, -0.2) is 0 Å². The second-order valence-corrected chi connectivity index (χ2v) is 10.6. The van der Waals surface area contributed by atoms with Crippen molar-refractivity contribution in [3.8, 4) is 23.0 Å². The Kier molecular flexibility index (Phi) is 8.34. The van der Waals surface area contributed by atoms with Crippen LogP contribution in [-0.2, 0) is 9.47 Å². The van der Waals surface area contributed by atoms with Crippen molar-refractivity contribution >= 4 is 5.78 Å². The second kappa shape index (κ2) is 11.5. The molecular weight excluding hydrogens is 564 g/mol. The Balaban J connectivity index is 1.72. The molecule has 2 saturated heterocycles. The van der Waals surface area contributed by atoms with Crippen molar-refractivity contribution < 1.29 is 75.2 Å². The van der Waals surface area contributed by atoms with Gasteiger partial charge in [-0.05, 0) is 17.7 Å². The lowest BCUT2D eigenvalue weighted by Crippen LogP contribution is -2.55. The van der Waals surface area contributed by atoms with Crippen LogP contribution in [-0.4, -0.2) is 124 Å². The molecule has 0 amide bonds.